The molecule has 0 amide bonds. The lowest BCUT2D eigenvalue weighted by molar-refractivity contribution is -0.00529. The Bertz CT molecular complexity index is 737. The van der Waals surface area contributed by atoms with E-state index in [2.05, 4.69) is 57.0 Å². The highest BCUT2D eigenvalue weighted by Gasteiger charge is 2.28. The predicted molar refractivity (Wildman–Crippen MR) is 117 cm³/mol. The highest BCUT2D eigenvalue weighted by Crippen LogP contribution is 2.34. The van der Waals surface area contributed by atoms with Gasteiger partial charge in [0.1, 0.15) is 5.75 Å². The molecule has 27 heavy (non-hydrogen) atoms. The molecule has 2 unspecified atom stereocenters. The molecule has 0 aromatic heterocycles. The van der Waals surface area contributed by atoms with E-state index in [1.165, 1.54) is 23.3 Å². The van der Waals surface area contributed by atoms with Gasteiger partial charge in [0.25, 0.3) is 0 Å². The Labute approximate surface area is 165 Å². The fourth-order valence-corrected chi connectivity index (χ4v) is 6.63. The maximum absolute atomic E-state index is 6.29. The molecule has 1 aliphatic heterocycles. The van der Waals surface area contributed by atoms with E-state index < -0.39 is 8.07 Å². The van der Waals surface area contributed by atoms with Crippen molar-refractivity contribution >= 4 is 18.9 Å². The van der Waals surface area contributed by atoms with Crippen molar-refractivity contribution < 1.29 is 9.47 Å². The molecule has 2 atom stereocenters. The molecule has 0 spiro atoms. The van der Waals surface area contributed by atoms with Crippen LogP contribution in [0, 0.1) is 0 Å². The van der Waals surface area contributed by atoms with Crippen LogP contribution in [-0.2, 0) is 4.74 Å². The molecule has 3 rings (SSSR count). The van der Waals surface area contributed by atoms with Crippen molar-refractivity contribution in [1.82, 2.24) is 0 Å². The van der Waals surface area contributed by atoms with Gasteiger partial charge in [0.05, 0.1) is 26.0 Å². The van der Waals surface area contributed by atoms with E-state index in [-0.39, 0.29) is 12.2 Å². The van der Waals surface area contributed by atoms with E-state index >= 15 is 0 Å². The van der Waals surface area contributed by atoms with Crippen molar-refractivity contribution in [3.05, 3.63) is 48.5 Å². The highest BCUT2D eigenvalue weighted by molar-refractivity contribution is 6.89. The minimum atomic E-state index is -1.44. The van der Waals surface area contributed by atoms with Gasteiger partial charge in [0.15, 0.2) is 5.75 Å². The summed E-state index contributed by atoms with van der Waals surface area (Å²) in [5.41, 5.74) is 1.20. The van der Waals surface area contributed by atoms with Crippen molar-refractivity contribution in [2.75, 3.05) is 18.0 Å². The molecule has 2 aromatic carbocycles. The number of morpholine rings is 1. The summed E-state index contributed by atoms with van der Waals surface area (Å²) >= 11 is 0. The molecule has 3 nitrogen and oxygen atoms in total. The average Bonchev–Trinajstić information content (AvgIpc) is 2.62. The van der Waals surface area contributed by atoms with Crippen LogP contribution in [0.25, 0.3) is 0 Å². The number of nitrogens with zero attached hydrogens (tertiary/aromatic N) is 1. The minimum absolute atomic E-state index is 0.225. The molecule has 1 heterocycles. The fourth-order valence-electron chi connectivity index (χ4n) is 4.03. The minimum Gasteiger partial charge on any atom is -0.455 e. The van der Waals surface area contributed by atoms with Gasteiger partial charge >= 0.3 is 0 Å². The molecule has 0 bridgehead atoms. The Kier molecular flexibility index (Phi) is 6.28. The van der Waals surface area contributed by atoms with Crippen LogP contribution in [0.1, 0.15) is 27.2 Å². The standard InChI is InChI=1S/C23H33NO2Si/c1-6-14-27(4,5)21-12-13-23(26-20-10-8-7-9-11-20)22(15-21)24-16-18(2)25-19(3)17-24/h7-13,15,18-19H,6,14,16-17H2,1-5H3. The number of para-hydroxylation sites is 1. The molecule has 1 saturated heterocycles. The molecule has 4 heteroatoms. The summed E-state index contributed by atoms with van der Waals surface area (Å²) < 4.78 is 12.3. The van der Waals surface area contributed by atoms with Gasteiger partial charge < -0.3 is 14.4 Å². The molecule has 146 valence electrons. The smallest absolute Gasteiger partial charge is 0.150 e. The van der Waals surface area contributed by atoms with E-state index in [1.54, 1.807) is 0 Å². The Morgan fingerprint density at radius 1 is 1.04 bits per heavy atom. The molecular weight excluding hydrogens is 350 g/mol. The first-order valence-corrected chi connectivity index (χ1v) is 13.4. The number of ether oxygens (including phenoxy) is 2. The zero-order valence-corrected chi connectivity index (χ0v) is 18.4. The molecule has 0 radical (unpaired) electrons. The fraction of sp³-hybridized carbons (Fsp3) is 0.478. The zero-order valence-electron chi connectivity index (χ0n) is 17.4. The highest BCUT2D eigenvalue weighted by atomic mass is 28.3. The van der Waals surface area contributed by atoms with E-state index in [1.807, 2.05) is 30.3 Å². The zero-order chi connectivity index (χ0) is 19.4. The van der Waals surface area contributed by atoms with Crippen molar-refractivity contribution in [2.45, 2.75) is 58.5 Å². The molecule has 0 saturated carbocycles. The number of hydrogen-bond donors (Lipinski definition) is 0. The maximum Gasteiger partial charge on any atom is 0.150 e. The predicted octanol–water partition coefficient (Wildman–Crippen LogP) is 5.42. The second-order valence-corrected chi connectivity index (χ2v) is 13.2. The van der Waals surface area contributed by atoms with E-state index in [0.717, 1.165) is 24.6 Å². The average molecular weight is 384 g/mol. The van der Waals surface area contributed by atoms with Crippen LogP contribution in [0.5, 0.6) is 11.5 Å². The van der Waals surface area contributed by atoms with Gasteiger partial charge in [-0.2, -0.15) is 0 Å². The van der Waals surface area contributed by atoms with Gasteiger partial charge in [0, 0.05) is 13.1 Å². The first-order valence-electron chi connectivity index (χ1n) is 10.2. The van der Waals surface area contributed by atoms with Crippen LogP contribution in [-0.4, -0.2) is 33.4 Å². The summed E-state index contributed by atoms with van der Waals surface area (Å²) in [6.45, 7) is 13.3. The van der Waals surface area contributed by atoms with Crippen molar-refractivity contribution in [3.63, 3.8) is 0 Å². The summed E-state index contributed by atoms with van der Waals surface area (Å²) in [5.74, 6) is 1.82. The second kappa shape index (κ2) is 8.49. The molecule has 2 aromatic rings. The van der Waals surface area contributed by atoms with Crippen LogP contribution in [0.2, 0.25) is 19.1 Å². The summed E-state index contributed by atoms with van der Waals surface area (Å²) in [6, 6.07) is 18.2. The number of hydrogen-bond acceptors (Lipinski definition) is 3. The topological polar surface area (TPSA) is 21.7 Å². The van der Waals surface area contributed by atoms with Crippen LogP contribution in [0.15, 0.2) is 48.5 Å². The van der Waals surface area contributed by atoms with Crippen molar-refractivity contribution in [3.8, 4) is 11.5 Å². The van der Waals surface area contributed by atoms with Gasteiger partial charge in [-0.25, -0.2) is 0 Å². The molecule has 0 N–H and O–H groups in total. The van der Waals surface area contributed by atoms with Gasteiger partial charge in [-0.3, -0.25) is 0 Å². The third-order valence-corrected chi connectivity index (χ3v) is 8.97. The SMILES string of the molecule is CCC[Si](C)(C)c1ccc(Oc2ccccc2)c(N2CC(C)OC(C)C2)c1. The number of rotatable bonds is 6. The van der Waals surface area contributed by atoms with E-state index in [0.29, 0.717) is 0 Å². The lowest BCUT2D eigenvalue weighted by atomic mass is 10.2. The van der Waals surface area contributed by atoms with Gasteiger partial charge in [-0.15, -0.1) is 0 Å². The number of benzene rings is 2. The van der Waals surface area contributed by atoms with Crippen LogP contribution in [0.4, 0.5) is 5.69 Å². The Hall–Kier alpha value is -1.78. The van der Waals surface area contributed by atoms with Crippen LogP contribution >= 0.6 is 0 Å². The summed E-state index contributed by atoms with van der Waals surface area (Å²) in [7, 11) is -1.44. The molecule has 0 aliphatic carbocycles. The van der Waals surface area contributed by atoms with Gasteiger partial charge in [0.2, 0.25) is 0 Å². The molecule has 1 aliphatic rings. The van der Waals surface area contributed by atoms with E-state index in [4.69, 9.17) is 9.47 Å². The Balaban J connectivity index is 1.99. The summed E-state index contributed by atoms with van der Waals surface area (Å²) in [4.78, 5) is 2.44. The third kappa shape index (κ3) is 4.93. The van der Waals surface area contributed by atoms with E-state index in [9.17, 15) is 0 Å². The third-order valence-electron chi connectivity index (χ3n) is 5.35. The Morgan fingerprint density at radius 3 is 2.33 bits per heavy atom. The van der Waals surface area contributed by atoms with Crippen LogP contribution < -0.4 is 14.8 Å². The van der Waals surface area contributed by atoms with Gasteiger partial charge in [-0.05, 0) is 38.1 Å². The normalized spacial score (nSPS) is 20.6. The van der Waals surface area contributed by atoms with Crippen molar-refractivity contribution in [1.29, 1.82) is 0 Å². The van der Waals surface area contributed by atoms with Crippen molar-refractivity contribution in [2.24, 2.45) is 0 Å². The maximum atomic E-state index is 6.29. The lowest BCUT2D eigenvalue weighted by Gasteiger charge is -2.38. The molecule has 1 fully saturated rings. The first-order chi connectivity index (χ1) is 12.9. The largest absolute Gasteiger partial charge is 0.455 e. The lowest BCUT2D eigenvalue weighted by Crippen LogP contribution is -2.47. The Morgan fingerprint density at radius 2 is 1.70 bits per heavy atom. The summed E-state index contributed by atoms with van der Waals surface area (Å²) in [5, 5.41) is 1.51. The quantitative estimate of drug-likeness (QED) is 0.622. The van der Waals surface area contributed by atoms with Gasteiger partial charge in [-0.1, -0.05) is 61.9 Å². The number of anilines is 1. The molecular formula is C23H33NO2Si. The second-order valence-electron chi connectivity index (χ2n) is 8.39. The van der Waals surface area contributed by atoms with Crippen LogP contribution in [0.3, 0.4) is 0 Å². The monoisotopic (exact) mass is 383 g/mol. The summed E-state index contributed by atoms with van der Waals surface area (Å²) in [6.07, 6.45) is 1.69. The first kappa shape index (κ1) is 20.0.